The van der Waals surface area contributed by atoms with Gasteiger partial charge in [-0.2, -0.15) is 0 Å². The second-order valence-electron chi connectivity index (χ2n) is 4.79. The van der Waals surface area contributed by atoms with Crippen molar-refractivity contribution in [3.05, 3.63) is 23.8 Å². The van der Waals surface area contributed by atoms with Crippen molar-refractivity contribution in [2.75, 3.05) is 23.3 Å². The number of rotatable bonds is 1. The molecule has 1 aromatic carbocycles. The number of nitrogens with one attached hydrogen (secondary N) is 1. The van der Waals surface area contributed by atoms with E-state index >= 15 is 0 Å². The molecule has 0 bridgehead atoms. The van der Waals surface area contributed by atoms with Crippen molar-refractivity contribution in [3.8, 4) is 0 Å². The van der Waals surface area contributed by atoms with Crippen molar-refractivity contribution >= 4 is 11.4 Å². The van der Waals surface area contributed by atoms with Gasteiger partial charge in [0.25, 0.3) is 0 Å². The van der Waals surface area contributed by atoms with Crippen LogP contribution in [0.1, 0.15) is 25.3 Å². The normalized spacial score (nSPS) is 21.1. The fraction of sp³-hybridized carbons (Fsp3) is 0.538. The molecule has 1 fully saturated rings. The van der Waals surface area contributed by atoms with E-state index in [1.165, 1.54) is 29.8 Å². The minimum atomic E-state index is 0.454. The smallest absolute Gasteiger partial charge is 0.0609 e. The Hall–Kier alpha value is -1.18. The Morgan fingerprint density at radius 1 is 1.40 bits per heavy atom. The maximum Gasteiger partial charge on any atom is 0.0609 e. The molecule has 1 aliphatic heterocycles. The number of nitrogens with zero attached hydrogens (tertiary/aromatic N) is 1. The number of likely N-dealkylation sites (N-methyl/N-ethyl adjacent to an activating group) is 1. The topological polar surface area (TPSA) is 15.3 Å². The van der Waals surface area contributed by atoms with Gasteiger partial charge in [0.1, 0.15) is 0 Å². The van der Waals surface area contributed by atoms with E-state index in [0.717, 1.165) is 13.1 Å². The van der Waals surface area contributed by atoms with Gasteiger partial charge in [0.05, 0.1) is 16.9 Å². The quantitative estimate of drug-likeness (QED) is 0.753. The highest BCUT2D eigenvalue weighted by molar-refractivity contribution is 5.77. The number of hydrogen-bond donors (Lipinski definition) is 1. The molecule has 2 heteroatoms. The van der Waals surface area contributed by atoms with Gasteiger partial charge >= 0.3 is 0 Å². The van der Waals surface area contributed by atoms with E-state index in [-0.39, 0.29) is 0 Å². The third-order valence-electron chi connectivity index (χ3n) is 3.85. The predicted octanol–water partition coefficient (Wildman–Crippen LogP) is 2.78. The predicted molar refractivity (Wildman–Crippen MR) is 64.7 cm³/mol. The Bertz CT molecular complexity index is 394. The molecule has 1 N–H and O–H groups in total. The average Bonchev–Trinajstić information content (AvgIpc) is 2.99. The summed E-state index contributed by atoms with van der Waals surface area (Å²) in [4.78, 5) is 2.59. The molecular weight excluding hydrogens is 184 g/mol. The summed E-state index contributed by atoms with van der Waals surface area (Å²) >= 11 is 0. The number of para-hydroxylation sites is 1. The maximum absolute atomic E-state index is 3.61. The van der Waals surface area contributed by atoms with E-state index in [1.807, 2.05) is 0 Å². The first-order chi connectivity index (χ1) is 7.27. The van der Waals surface area contributed by atoms with Gasteiger partial charge in [-0.25, -0.2) is 0 Å². The molecule has 0 saturated heterocycles. The Morgan fingerprint density at radius 3 is 2.87 bits per heavy atom. The van der Waals surface area contributed by atoms with Gasteiger partial charge in [-0.3, -0.25) is 0 Å². The molecule has 1 heterocycles. The summed E-state index contributed by atoms with van der Waals surface area (Å²) in [6, 6.07) is 6.60. The highest BCUT2D eigenvalue weighted by Gasteiger charge is 2.50. The highest BCUT2D eigenvalue weighted by atomic mass is 15.3. The molecule has 2 nitrogen and oxygen atoms in total. The van der Waals surface area contributed by atoms with Crippen molar-refractivity contribution in [1.82, 2.24) is 0 Å². The van der Waals surface area contributed by atoms with E-state index in [1.54, 1.807) is 0 Å². The van der Waals surface area contributed by atoms with Crippen LogP contribution in [0.5, 0.6) is 0 Å². The van der Waals surface area contributed by atoms with Gasteiger partial charge in [0, 0.05) is 13.1 Å². The van der Waals surface area contributed by atoms with Gasteiger partial charge in [-0.1, -0.05) is 12.1 Å². The average molecular weight is 202 g/mol. The van der Waals surface area contributed by atoms with E-state index in [0.29, 0.717) is 5.54 Å². The van der Waals surface area contributed by atoms with Crippen molar-refractivity contribution in [2.45, 2.75) is 32.2 Å². The molecular formula is C13H18N2. The van der Waals surface area contributed by atoms with E-state index in [9.17, 15) is 0 Å². The number of hydrogen-bond acceptors (Lipinski definition) is 2. The monoisotopic (exact) mass is 202 g/mol. The minimum absolute atomic E-state index is 0.454. The second kappa shape index (κ2) is 2.91. The summed E-state index contributed by atoms with van der Waals surface area (Å²) in [5, 5.41) is 3.61. The molecule has 3 rings (SSSR count). The lowest BCUT2D eigenvalue weighted by Gasteiger charge is -2.40. The van der Waals surface area contributed by atoms with Gasteiger partial charge in [0.2, 0.25) is 0 Å². The summed E-state index contributed by atoms with van der Waals surface area (Å²) in [7, 11) is 0. The number of anilines is 2. The second-order valence-corrected chi connectivity index (χ2v) is 4.79. The van der Waals surface area contributed by atoms with Crippen LogP contribution in [-0.4, -0.2) is 18.6 Å². The molecule has 1 aliphatic carbocycles. The molecule has 15 heavy (non-hydrogen) atoms. The van der Waals surface area contributed by atoms with Gasteiger partial charge in [-0.05, 0) is 38.3 Å². The van der Waals surface area contributed by atoms with Crippen LogP contribution in [0.25, 0.3) is 0 Å². The SMILES string of the molecule is CCN1c2cccc(C)c2NCC12CC2. The number of aryl methyl sites for hydroxylation is 1. The molecule has 80 valence electrons. The van der Waals surface area contributed by atoms with E-state index in [2.05, 4.69) is 42.3 Å². The summed E-state index contributed by atoms with van der Waals surface area (Å²) in [5.74, 6) is 0. The fourth-order valence-corrected chi connectivity index (χ4v) is 2.81. The zero-order chi connectivity index (χ0) is 10.5. The Labute approximate surface area is 91.3 Å². The van der Waals surface area contributed by atoms with Crippen molar-refractivity contribution in [1.29, 1.82) is 0 Å². The minimum Gasteiger partial charge on any atom is -0.381 e. The molecule has 1 aromatic rings. The van der Waals surface area contributed by atoms with Crippen LogP contribution >= 0.6 is 0 Å². The number of fused-ring (bicyclic) bond motifs is 1. The van der Waals surface area contributed by atoms with Crippen molar-refractivity contribution in [3.63, 3.8) is 0 Å². The molecule has 2 aliphatic rings. The summed E-state index contributed by atoms with van der Waals surface area (Å²) < 4.78 is 0. The lowest BCUT2D eigenvalue weighted by atomic mass is 10.0. The largest absolute Gasteiger partial charge is 0.381 e. The molecule has 1 spiro atoms. The summed E-state index contributed by atoms with van der Waals surface area (Å²) in [5.41, 5.74) is 4.56. The zero-order valence-electron chi connectivity index (χ0n) is 9.51. The molecule has 0 aromatic heterocycles. The van der Waals surface area contributed by atoms with Crippen LogP contribution in [0, 0.1) is 6.92 Å². The fourth-order valence-electron chi connectivity index (χ4n) is 2.81. The first kappa shape index (κ1) is 9.08. The Morgan fingerprint density at radius 2 is 2.20 bits per heavy atom. The van der Waals surface area contributed by atoms with Crippen molar-refractivity contribution < 1.29 is 0 Å². The van der Waals surface area contributed by atoms with Crippen LogP contribution in [0.4, 0.5) is 11.4 Å². The molecule has 0 radical (unpaired) electrons. The van der Waals surface area contributed by atoms with E-state index < -0.39 is 0 Å². The summed E-state index contributed by atoms with van der Waals surface area (Å²) in [6.07, 6.45) is 2.70. The lowest BCUT2D eigenvalue weighted by Crippen LogP contribution is -2.46. The maximum atomic E-state index is 3.61. The first-order valence-electron chi connectivity index (χ1n) is 5.88. The molecule has 0 atom stereocenters. The van der Waals surface area contributed by atoms with Gasteiger partial charge < -0.3 is 10.2 Å². The van der Waals surface area contributed by atoms with Crippen LogP contribution in [0.2, 0.25) is 0 Å². The van der Waals surface area contributed by atoms with Crippen LogP contribution < -0.4 is 10.2 Å². The molecule has 0 amide bonds. The Balaban J connectivity index is 2.10. The van der Waals surface area contributed by atoms with Crippen LogP contribution in [0.3, 0.4) is 0 Å². The van der Waals surface area contributed by atoms with E-state index in [4.69, 9.17) is 0 Å². The van der Waals surface area contributed by atoms with Crippen molar-refractivity contribution in [2.24, 2.45) is 0 Å². The first-order valence-corrected chi connectivity index (χ1v) is 5.88. The van der Waals surface area contributed by atoms with Gasteiger partial charge in [-0.15, -0.1) is 0 Å². The molecule has 1 saturated carbocycles. The van der Waals surface area contributed by atoms with Gasteiger partial charge in [0.15, 0.2) is 0 Å². The van der Waals surface area contributed by atoms with Crippen LogP contribution in [-0.2, 0) is 0 Å². The zero-order valence-corrected chi connectivity index (χ0v) is 9.51. The lowest BCUT2D eigenvalue weighted by molar-refractivity contribution is 0.605. The summed E-state index contributed by atoms with van der Waals surface area (Å²) in [6.45, 7) is 6.69. The van der Waals surface area contributed by atoms with Crippen LogP contribution in [0.15, 0.2) is 18.2 Å². The molecule has 0 unspecified atom stereocenters. The Kier molecular flexibility index (Phi) is 1.76. The third-order valence-corrected chi connectivity index (χ3v) is 3.85. The highest BCUT2D eigenvalue weighted by Crippen LogP contribution is 2.49. The number of benzene rings is 1. The third kappa shape index (κ3) is 1.17. The standard InChI is InChI=1S/C13H18N2/c1-3-15-11-6-4-5-10(2)12(11)14-9-13(15)7-8-13/h4-6,14H,3,7-9H2,1-2H3.